The van der Waals surface area contributed by atoms with Gasteiger partial charge in [-0.15, -0.1) is 11.8 Å². The molecule has 7 nitrogen and oxygen atoms in total. The van der Waals surface area contributed by atoms with E-state index < -0.39 is 0 Å². The van der Waals surface area contributed by atoms with Crippen molar-refractivity contribution in [1.29, 1.82) is 0 Å². The van der Waals surface area contributed by atoms with Gasteiger partial charge in [-0.3, -0.25) is 20.4 Å². The van der Waals surface area contributed by atoms with Gasteiger partial charge in [0, 0.05) is 24.6 Å². The summed E-state index contributed by atoms with van der Waals surface area (Å²) in [7, 11) is 1.76. The summed E-state index contributed by atoms with van der Waals surface area (Å²) < 4.78 is 6.74. The number of nitrogens with one attached hydrogen (secondary N) is 2. The van der Waals surface area contributed by atoms with Crippen LogP contribution in [0.25, 0.3) is 0 Å². The van der Waals surface area contributed by atoms with Gasteiger partial charge in [0.05, 0.1) is 11.4 Å². The Labute approximate surface area is 132 Å². The molecule has 118 valence electrons. The van der Waals surface area contributed by atoms with Gasteiger partial charge in [-0.2, -0.15) is 0 Å². The number of hydrogen-bond acceptors (Lipinski definition) is 5. The second-order valence-corrected chi connectivity index (χ2v) is 5.79. The molecule has 2 rings (SSSR count). The average molecular weight is 322 g/mol. The number of hydrazine groups is 1. The molecule has 0 aliphatic heterocycles. The van der Waals surface area contributed by atoms with Crippen LogP contribution in [0.4, 0.5) is 0 Å². The first-order chi connectivity index (χ1) is 10.5. The Morgan fingerprint density at radius 3 is 2.73 bits per heavy atom. The van der Waals surface area contributed by atoms with Crippen LogP contribution in [-0.2, 0) is 17.6 Å². The fourth-order valence-corrected chi connectivity index (χ4v) is 2.85. The molecular weight excluding hydrogens is 304 g/mol. The van der Waals surface area contributed by atoms with Gasteiger partial charge in [0.15, 0.2) is 0 Å². The molecule has 0 radical (unpaired) electrons. The summed E-state index contributed by atoms with van der Waals surface area (Å²) in [5.74, 6) is 1.02. The fourth-order valence-electron chi connectivity index (χ4n) is 1.88. The fraction of sp³-hybridized carbons (Fsp3) is 0.357. The van der Waals surface area contributed by atoms with Crippen molar-refractivity contribution in [3.05, 3.63) is 41.0 Å². The van der Waals surface area contributed by atoms with Crippen molar-refractivity contribution in [2.75, 3.05) is 5.75 Å². The lowest BCUT2D eigenvalue weighted by atomic mass is 10.2. The highest BCUT2D eigenvalue weighted by Gasteiger charge is 2.12. The predicted molar refractivity (Wildman–Crippen MR) is 83.2 cm³/mol. The lowest BCUT2D eigenvalue weighted by Crippen LogP contribution is -2.43. The first-order valence-electron chi connectivity index (χ1n) is 6.69. The van der Waals surface area contributed by atoms with E-state index in [1.54, 1.807) is 29.9 Å². The molecule has 0 unspecified atom stereocenters. The Hall–Kier alpha value is -2.22. The van der Waals surface area contributed by atoms with Gasteiger partial charge in [-0.25, -0.2) is 0 Å². The summed E-state index contributed by atoms with van der Waals surface area (Å²) in [5, 5.41) is 3.86. The number of hydrogen-bond donors (Lipinski definition) is 2. The van der Waals surface area contributed by atoms with Crippen molar-refractivity contribution in [1.82, 2.24) is 20.6 Å². The molecule has 2 amide bonds. The Morgan fingerprint density at radius 1 is 1.36 bits per heavy atom. The zero-order valence-corrected chi connectivity index (χ0v) is 13.5. The second-order valence-electron chi connectivity index (χ2n) is 4.80. The molecule has 2 heterocycles. The zero-order valence-electron chi connectivity index (χ0n) is 12.7. The highest BCUT2D eigenvalue weighted by Crippen LogP contribution is 2.19. The molecule has 0 saturated heterocycles. The van der Waals surface area contributed by atoms with Gasteiger partial charge in [0.1, 0.15) is 11.5 Å². The van der Waals surface area contributed by atoms with E-state index in [2.05, 4.69) is 16.0 Å². The largest absolute Gasteiger partial charge is 0.361 e. The zero-order chi connectivity index (χ0) is 16.1. The maximum absolute atomic E-state index is 11.8. The van der Waals surface area contributed by atoms with Crippen LogP contribution in [0.5, 0.6) is 0 Å². The van der Waals surface area contributed by atoms with E-state index in [1.165, 1.54) is 11.8 Å². The normalized spacial score (nSPS) is 10.5. The molecule has 0 atom stereocenters. The van der Waals surface area contributed by atoms with Crippen molar-refractivity contribution in [3.8, 4) is 0 Å². The molecule has 0 aromatic carbocycles. The topological polar surface area (TPSA) is 89.2 Å². The molecule has 2 aromatic rings. The summed E-state index contributed by atoms with van der Waals surface area (Å²) in [6.45, 7) is 3.71. The molecule has 0 saturated carbocycles. The number of aryl methyl sites for hydroxylation is 3. The number of rotatable bonds is 5. The van der Waals surface area contributed by atoms with Crippen molar-refractivity contribution >= 4 is 23.6 Å². The molecule has 22 heavy (non-hydrogen) atoms. The molecule has 0 spiro atoms. The monoisotopic (exact) mass is 322 g/mol. The minimum absolute atomic E-state index is 0.234. The summed E-state index contributed by atoms with van der Waals surface area (Å²) >= 11 is 1.43. The number of carbonyl (C=O) groups excluding carboxylic acids is 2. The number of nitrogens with zero attached hydrogens (tertiary/aromatic N) is 2. The lowest BCUT2D eigenvalue weighted by molar-refractivity contribution is -0.119. The SMILES string of the molecule is Cc1noc(C)c1CSCC(=O)NNC(=O)c1cccn1C. The van der Waals surface area contributed by atoms with Crippen LogP contribution in [0.3, 0.4) is 0 Å². The summed E-state index contributed by atoms with van der Waals surface area (Å²) in [4.78, 5) is 23.5. The van der Waals surface area contributed by atoms with Crippen molar-refractivity contribution < 1.29 is 14.1 Å². The number of thioether (sulfide) groups is 1. The first kappa shape index (κ1) is 16.2. The third kappa shape index (κ3) is 3.91. The molecule has 2 aromatic heterocycles. The van der Waals surface area contributed by atoms with Crippen LogP contribution < -0.4 is 10.9 Å². The van der Waals surface area contributed by atoms with Crippen LogP contribution in [0.15, 0.2) is 22.9 Å². The summed E-state index contributed by atoms with van der Waals surface area (Å²) in [5.41, 5.74) is 7.10. The molecule has 8 heteroatoms. The molecule has 2 N–H and O–H groups in total. The lowest BCUT2D eigenvalue weighted by Gasteiger charge is -2.07. The minimum atomic E-state index is -0.350. The van der Waals surface area contributed by atoms with E-state index in [-0.39, 0.29) is 17.6 Å². The standard InChI is InChI=1S/C14H18N4O3S/c1-9-11(10(2)21-17-9)7-22-8-13(19)15-16-14(20)12-5-4-6-18(12)3/h4-6H,7-8H2,1-3H3,(H,15,19)(H,16,20). The van der Waals surface area contributed by atoms with Gasteiger partial charge in [-0.1, -0.05) is 5.16 Å². The maximum atomic E-state index is 11.8. The van der Waals surface area contributed by atoms with Gasteiger partial charge in [0.25, 0.3) is 5.91 Å². The van der Waals surface area contributed by atoms with E-state index in [0.717, 1.165) is 17.0 Å². The Morgan fingerprint density at radius 2 is 2.14 bits per heavy atom. The third-order valence-electron chi connectivity index (χ3n) is 3.15. The number of aromatic nitrogens is 2. The summed E-state index contributed by atoms with van der Waals surface area (Å²) in [6, 6.07) is 3.43. The van der Waals surface area contributed by atoms with E-state index in [1.807, 2.05) is 13.8 Å². The van der Waals surface area contributed by atoms with Gasteiger partial charge < -0.3 is 9.09 Å². The van der Waals surface area contributed by atoms with Crippen LogP contribution >= 0.6 is 11.8 Å². The van der Waals surface area contributed by atoms with E-state index in [0.29, 0.717) is 11.4 Å². The van der Waals surface area contributed by atoms with Crippen LogP contribution in [0.2, 0.25) is 0 Å². The van der Waals surface area contributed by atoms with Crippen molar-refractivity contribution in [2.45, 2.75) is 19.6 Å². The van der Waals surface area contributed by atoms with Crippen LogP contribution in [0, 0.1) is 13.8 Å². The Balaban J connectivity index is 1.72. The molecule has 0 aliphatic rings. The maximum Gasteiger partial charge on any atom is 0.286 e. The summed E-state index contributed by atoms with van der Waals surface area (Å²) in [6.07, 6.45) is 1.76. The minimum Gasteiger partial charge on any atom is -0.361 e. The van der Waals surface area contributed by atoms with Gasteiger partial charge in [-0.05, 0) is 26.0 Å². The molecular formula is C14H18N4O3S. The molecule has 0 fully saturated rings. The van der Waals surface area contributed by atoms with Crippen LogP contribution in [0.1, 0.15) is 27.5 Å². The van der Waals surface area contributed by atoms with Gasteiger partial charge in [0.2, 0.25) is 5.91 Å². The Bertz CT molecular complexity index is 658. The van der Waals surface area contributed by atoms with Crippen molar-refractivity contribution in [3.63, 3.8) is 0 Å². The third-order valence-corrected chi connectivity index (χ3v) is 4.11. The average Bonchev–Trinajstić information content (AvgIpc) is 3.04. The first-order valence-corrected chi connectivity index (χ1v) is 7.84. The Kier molecular flexibility index (Phi) is 5.26. The quantitative estimate of drug-likeness (QED) is 0.811. The van der Waals surface area contributed by atoms with E-state index >= 15 is 0 Å². The van der Waals surface area contributed by atoms with Gasteiger partial charge >= 0.3 is 0 Å². The molecule has 0 bridgehead atoms. The smallest absolute Gasteiger partial charge is 0.286 e. The van der Waals surface area contributed by atoms with E-state index in [9.17, 15) is 9.59 Å². The van der Waals surface area contributed by atoms with Crippen LogP contribution in [-0.4, -0.2) is 27.3 Å². The second kappa shape index (κ2) is 7.17. The number of carbonyl (C=O) groups is 2. The predicted octanol–water partition coefficient (Wildman–Crippen LogP) is 1.32. The van der Waals surface area contributed by atoms with E-state index in [4.69, 9.17) is 4.52 Å². The highest BCUT2D eigenvalue weighted by molar-refractivity contribution is 7.99. The van der Waals surface area contributed by atoms with Crippen molar-refractivity contribution in [2.24, 2.45) is 7.05 Å². The highest BCUT2D eigenvalue weighted by atomic mass is 32.2. The number of amides is 2. The molecule has 0 aliphatic carbocycles.